The summed E-state index contributed by atoms with van der Waals surface area (Å²) in [4.78, 5) is 71.9. The highest BCUT2D eigenvalue weighted by Crippen LogP contribution is 2.24. The van der Waals surface area contributed by atoms with Gasteiger partial charge in [-0.05, 0) is 96.8 Å². The van der Waals surface area contributed by atoms with Crippen LogP contribution in [0.25, 0.3) is 11.1 Å². The Morgan fingerprint density at radius 3 is 1.39 bits per heavy atom. The largest absolute Gasteiger partial charge is 0.490 e. The molecule has 0 aliphatic carbocycles. The Morgan fingerprint density at radius 2 is 0.875 bits per heavy atom. The fourth-order valence-corrected chi connectivity index (χ4v) is 4.63. The molecule has 0 spiro atoms. The van der Waals surface area contributed by atoms with Gasteiger partial charge in [0.15, 0.2) is 6.10 Å². The predicted octanol–water partition coefficient (Wildman–Crippen LogP) is 6.66. The summed E-state index contributed by atoms with van der Waals surface area (Å²) in [6.07, 6.45) is 3.22. The number of unbranched alkanes of at least 4 members (excludes halogenated alkanes) is 1. The van der Waals surface area contributed by atoms with Crippen LogP contribution in [0.1, 0.15) is 43.9 Å². The molecule has 0 amide bonds. The monoisotopic (exact) mass is 762 g/mol. The summed E-state index contributed by atoms with van der Waals surface area (Å²) in [5.41, 5.74) is 2.50. The molecule has 288 valence electrons. The maximum Gasteiger partial charge on any atom is 0.343 e. The van der Waals surface area contributed by atoms with Crippen LogP contribution in [0.2, 0.25) is 0 Å². The molecular weight excluding hydrogens is 724 g/mol. The number of carbonyl (C=O) groups excluding carboxylic acids is 6. The Morgan fingerprint density at radius 1 is 0.464 bits per heavy atom. The van der Waals surface area contributed by atoms with Crippen molar-refractivity contribution in [2.75, 3.05) is 26.4 Å². The molecule has 0 saturated heterocycles. The molecule has 0 radical (unpaired) electrons. The van der Waals surface area contributed by atoms with Crippen LogP contribution in [0.4, 0.5) is 0 Å². The van der Waals surface area contributed by atoms with Crippen LogP contribution >= 0.6 is 0 Å². The molecule has 0 aromatic heterocycles. The quantitative estimate of drug-likeness (QED) is 0.0308. The first-order chi connectivity index (χ1) is 27.1. The Hall–Kier alpha value is -7.28. The summed E-state index contributed by atoms with van der Waals surface area (Å²) in [5, 5.41) is 0. The van der Waals surface area contributed by atoms with Gasteiger partial charge >= 0.3 is 35.8 Å². The Bertz CT molecular complexity index is 2010. The lowest BCUT2D eigenvalue weighted by molar-refractivity contribution is -0.154. The molecule has 4 aromatic rings. The van der Waals surface area contributed by atoms with Gasteiger partial charge in [0.2, 0.25) is 0 Å². The average Bonchev–Trinajstić information content (AvgIpc) is 3.23. The lowest BCUT2D eigenvalue weighted by atomic mass is 10.0. The van der Waals surface area contributed by atoms with Crippen molar-refractivity contribution in [2.24, 2.45) is 0 Å². The van der Waals surface area contributed by atoms with Gasteiger partial charge in [-0.3, -0.25) is 0 Å². The first-order valence-electron chi connectivity index (χ1n) is 17.1. The highest BCUT2D eigenvalue weighted by atomic mass is 16.6. The van der Waals surface area contributed by atoms with Crippen LogP contribution < -0.4 is 14.2 Å². The second-order valence-corrected chi connectivity index (χ2v) is 11.6. The summed E-state index contributed by atoms with van der Waals surface area (Å²) in [6.45, 7) is 9.98. The Kier molecular flexibility index (Phi) is 15.9. The van der Waals surface area contributed by atoms with E-state index in [-0.39, 0.29) is 43.3 Å². The summed E-state index contributed by atoms with van der Waals surface area (Å²) in [6, 6.07) is 25.5. The van der Waals surface area contributed by atoms with Crippen molar-refractivity contribution >= 4 is 35.8 Å². The molecule has 1 atom stereocenters. The lowest BCUT2D eigenvalue weighted by Gasteiger charge is -2.17. The number of hydrogen-bond acceptors (Lipinski definition) is 13. The van der Waals surface area contributed by atoms with Crippen molar-refractivity contribution in [2.45, 2.75) is 18.9 Å². The molecule has 0 fully saturated rings. The fourth-order valence-electron chi connectivity index (χ4n) is 4.63. The number of rotatable bonds is 20. The van der Waals surface area contributed by atoms with Gasteiger partial charge in [0.1, 0.15) is 30.5 Å². The standard InChI is InChI=1S/C43H38O13/c1-4-38(44)50-25-7-8-26-51-41(47)31-11-9-29(10-12-31)30-13-21-35(22-14-30)55-43(49)33-17-23-36(24-18-33)56-42(48)32-15-19-34(20-16-32)52-27-37(54-40(46)6-3)28-53-39(45)5-2/h4-6,9-24,37H,1-3,7-8,25-28H2. The van der Waals surface area contributed by atoms with Gasteiger partial charge < -0.3 is 33.2 Å². The average molecular weight is 763 g/mol. The maximum absolute atomic E-state index is 12.8. The molecule has 0 aliphatic heterocycles. The van der Waals surface area contributed by atoms with Crippen LogP contribution in [0.5, 0.6) is 17.2 Å². The maximum atomic E-state index is 12.8. The van der Waals surface area contributed by atoms with Crippen molar-refractivity contribution in [3.05, 3.63) is 152 Å². The van der Waals surface area contributed by atoms with E-state index in [1.165, 1.54) is 48.5 Å². The van der Waals surface area contributed by atoms with Gasteiger partial charge in [-0.15, -0.1) is 0 Å². The van der Waals surface area contributed by atoms with E-state index >= 15 is 0 Å². The van der Waals surface area contributed by atoms with Crippen molar-refractivity contribution in [1.29, 1.82) is 0 Å². The van der Waals surface area contributed by atoms with Gasteiger partial charge in [0.05, 0.1) is 29.9 Å². The third-order valence-electron chi connectivity index (χ3n) is 7.56. The lowest BCUT2D eigenvalue weighted by Crippen LogP contribution is -2.30. The Balaban J connectivity index is 1.22. The first-order valence-corrected chi connectivity index (χ1v) is 17.1. The molecule has 1 unspecified atom stereocenters. The summed E-state index contributed by atoms with van der Waals surface area (Å²) < 4.78 is 36.8. The number of benzene rings is 4. The minimum absolute atomic E-state index is 0.146. The van der Waals surface area contributed by atoms with E-state index < -0.39 is 41.9 Å². The zero-order valence-corrected chi connectivity index (χ0v) is 30.2. The van der Waals surface area contributed by atoms with Crippen molar-refractivity contribution < 1.29 is 61.9 Å². The molecule has 13 nitrogen and oxygen atoms in total. The van der Waals surface area contributed by atoms with E-state index in [9.17, 15) is 28.8 Å². The van der Waals surface area contributed by atoms with Gasteiger partial charge in [0.25, 0.3) is 0 Å². The van der Waals surface area contributed by atoms with Gasteiger partial charge in [-0.25, -0.2) is 28.8 Å². The summed E-state index contributed by atoms with van der Waals surface area (Å²) >= 11 is 0. The first kappa shape index (κ1) is 41.5. The zero-order valence-electron chi connectivity index (χ0n) is 30.2. The van der Waals surface area contributed by atoms with Crippen LogP contribution in [0.3, 0.4) is 0 Å². The van der Waals surface area contributed by atoms with Crippen LogP contribution in [0.15, 0.2) is 135 Å². The summed E-state index contributed by atoms with van der Waals surface area (Å²) in [5.74, 6) is -2.79. The third kappa shape index (κ3) is 13.3. The molecule has 4 aromatic carbocycles. The number of hydrogen-bond donors (Lipinski definition) is 0. The molecular formula is C43H38O13. The normalized spacial score (nSPS) is 10.8. The smallest absolute Gasteiger partial charge is 0.343 e. The van der Waals surface area contributed by atoms with Gasteiger partial charge in [0, 0.05) is 18.2 Å². The Labute approximate surface area is 322 Å². The molecule has 0 saturated carbocycles. The predicted molar refractivity (Wildman–Crippen MR) is 202 cm³/mol. The van der Waals surface area contributed by atoms with E-state index in [0.29, 0.717) is 29.9 Å². The molecule has 0 N–H and O–H groups in total. The number of carbonyl (C=O) groups is 6. The van der Waals surface area contributed by atoms with E-state index in [1.54, 1.807) is 48.5 Å². The molecule has 4 rings (SSSR count). The van der Waals surface area contributed by atoms with Crippen molar-refractivity contribution in [1.82, 2.24) is 0 Å². The molecule has 0 bridgehead atoms. The molecule has 13 heteroatoms. The second kappa shape index (κ2) is 21.4. The van der Waals surface area contributed by atoms with Gasteiger partial charge in [-0.2, -0.15) is 0 Å². The second-order valence-electron chi connectivity index (χ2n) is 11.6. The highest BCUT2D eigenvalue weighted by Gasteiger charge is 2.17. The van der Waals surface area contributed by atoms with Gasteiger partial charge in [-0.1, -0.05) is 44.0 Å². The minimum atomic E-state index is -0.918. The van der Waals surface area contributed by atoms with Crippen LogP contribution in [-0.2, 0) is 33.3 Å². The summed E-state index contributed by atoms with van der Waals surface area (Å²) in [7, 11) is 0. The molecule has 0 heterocycles. The minimum Gasteiger partial charge on any atom is -0.490 e. The van der Waals surface area contributed by atoms with E-state index in [2.05, 4.69) is 19.7 Å². The molecule has 0 aliphatic rings. The molecule has 56 heavy (non-hydrogen) atoms. The number of ether oxygens (including phenoxy) is 7. The van der Waals surface area contributed by atoms with Crippen molar-refractivity contribution in [3.8, 4) is 28.4 Å². The van der Waals surface area contributed by atoms with Crippen LogP contribution in [-0.4, -0.2) is 68.3 Å². The van der Waals surface area contributed by atoms with E-state index in [1.807, 2.05) is 0 Å². The number of esters is 6. The van der Waals surface area contributed by atoms with E-state index in [0.717, 1.165) is 29.4 Å². The van der Waals surface area contributed by atoms with Crippen LogP contribution in [0, 0.1) is 0 Å². The SMILES string of the molecule is C=CC(=O)OCCCCOC(=O)c1ccc(-c2ccc(OC(=O)c3ccc(OC(=O)c4ccc(OCC(COC(=O)C=C)OC(=O)C=C)cc4)cc3)cc2)cc1. The highest BCUT2D eigenvalue weighted by molar-refractivity contribution is 5.93. The van der Waals surface area contributed by atoms with E-state index in [4.69, 9.17) is 33.2 Å². The third-order valence-corrected chi connectivity index (χ3v) is 7.56. The fraction of sp³-hybridized carbons (Fsp3) is 0.163. The van der Waals surface area contributed by atoms with Crippen molar-refractivity contribution in [3.63, 3.8) is 0 Å². The zero-order chi connectivity index (χ0) is 40.3. The topological polar surface area (TPSA) is 167 Å².